The first-order chi connectivity index (χ1) is 14.7. The number of benzene rings is 1. The molecule has 0 unspecified atom stereocenters. The number of amides is 1. The number of carbonyl (C=O) groups is 2. The summed E-state index contributed by atoms with van der Waals surface area (Å²) in [4.78, 5) is 23.5. The molecule has 2 N–H and O–H groups in total. The summed E-state index contributed by atoms with van der Waals surface area (Å²) in [6.07, 6.45) is 21.0. The van der Waals surface area contributed by atoms with Crippen LogP contribution in [0.5, 0.6) is 0 Å². The summed E-state index contributed by atoms with van der Waals surface area (Å²) in [5.41, 5.74) is 5.77. The smallest absolute Gasteiger partial charge is 0.338 e. The van der Waals surface area contributed by atoms with Crippen LogP contribution in [-0.2, 0) is 4.74 Å². The second kappa shape index (κ2) is 24.3. The summed E-state index contributed by atoms with van der Waals surface area (Å²) in [7, 11) is 0. The van der Waals surface area contributed by atoms with E-state index in [0.717, 1.165) is 12.8 Å². The van der Waals surface area contributed by atoms with Gasteiger partial charge in [-0.05, 0) is 18.6 Å². The van der Waals surface area contributed by atoms with Gasteiger partial charge >= 0.3 is 5.97 Å². The molecule has 1 aromatic rings. The van der Waals surface area contributed by atoms with E-state index in [2.05, 4.69) is 6.92 Å². The van der Waals surface area contributed by atoms with E-state index in [1.54, 1.807) is 24.3 Å². The number of esters is 1. The quantitative estimate of drug-likeness (QED) is 0.146. The van der Waals surface area contributed by atoms with Crippen LogP contribution in [0, 0.1) is 0 Å². The molecule has 0 aliphatic heterocycles. The van der Waals surface area contributed by atoms with Crippen molar-refractivity contribution in [1.29, 1.82) is 0 Å². The zero-order chi connectivity index (χ0) is 21.9. The van der Waals surface area contributed by atoms with E-state index in [4.69, 9.17) is 10.5 Å². The van der Waals surface area contributed by atoms with Gasteiger partial charge in [-0.1, -0.05) is 115 Å². The van der Waals surface area contributed by atoms with E-state index < -0.39 is 11.9 Å². The molecular formula is C26H43NNa2O3. The van der Waals surface area contributed by atoms with Gasteiger partial charge in [0.05, 0.1) is 17.7 Å². The van der Waals surface area contributed by atoms with E-state index in [1.165, 1.54) is 89.9 Å². The van der Waals surface area contributed by atoms with Gasteiger partial charge in [0, 0.05) is 59.1 Å². The summed E-state index contributed by atoms with van der Waals surface area (Å²) in [6, 6.07) is 6.52. The van der Waals surface area contributed by atoms with Crippen molar-refractivity contribution in [2.45, 2.75) is 110 Å². The largest absolute Gasteiger partial charge is 0.462 e. The zero-order valence-corrected chi connectivity index (χ0v) is 25.1. The maximum Gasteiger partial charge on any atom is 0.338 e. The van der Waals surface area contributed by atoms with Crippen LogP contribution in [0.4, 0.5) is 0 Å². The van der Waals surface area contributed by atoms with Crippen LogP contribution in [0.1, 0.15) is 130 Å². The molecule has 0 heterocycles. The standard InChI is InChI=1S/C26H43NO3.2Na/c1-2-3-4-5-6-7-8-9-10-11-12-13-14-15-16-19-22-30-26(29)24-21-18-17-20-23(24)25(27)28;;/h17-18,20-21H,2-16,19,22H2,1H3,(H2,27,28);;. The van der Waals surface area contributed by atoms with Gasteiger partial charge in [-0.3, -0.25) is 4.79 Å². The Labute approximate surface area is 240 Å². The van der Waals surface area contributed by atoms with Gasteiger partial charge in [0.15, 0.2) is 0 Å². The fraction of sp³-hybridized carbons (Fsp3) is 0.692. The van der Waals surface area contributed by atoms with E-state index in [9.17, 15) is 9.59 Å². The van der Waals surface area contributed by atoms with E-state index in [1.807, 2.05) is 0 Å². The van der Waals surface area contributed by atoms with E-state index in [0.29, 0.717) is 6.61 Å². The van der Waals surface area contributed by atoms with Crippen molar-refractivity contribution in [3.8, 4) is 0 Å². The fourth-order valence-electron chi connectivity index (χ4n) is 3.77. The molecule has 0 aliphatic carbocycles. The number of primary amides is 1. The minimum Gasteiger partial charge on any atom is -0.462 e. The third kappa shape index (κ3) is 17.6. The predicted molar refractivity (Wildman–Crippen MR) is 136 cm³/mol. The second-order valence-corrected chi connectivity index (χ2v) is 8.35. The predicted octanol–water partition coefficient (Wildman–Crippen LogP) is 6.44. The Bertz CT molecular complexity index is 596. The van der Waals surface area contributed by atoms with Crippen molar-refractivity contribution < 1.29 is 14.3 Å². The molecule has 4 nitrogen and oxygen atoms in total. The average molecular weight is 464 g/mol. The van der Waals surface area contributed by atoms with Crippen molar-refractivity contribution in [1.82, 2.24) is 0 Å². The van der Waals surface area contributed by atoms with Gasteiger partial charge in [-0.2, -0.15) is 0 Å². The van der Waals surface area contributed by atoms with Crippen LogP contribution < -0.4 is 5.73 Å². The molecule has 0 saturated carbocycles. The van der Waals surface area contributed by atoms with Gasteiger partial charge in [0.1, 0.15) is 0 Å². The van der Waals surface area contributed by atoms with Gasteiger partial charge in [-0.15, -0.1) is 0 Å². The molecule has 0 aliphatic rings. The Kier molecular flexibility index (Phi) is 26.1. The van der Waals surface area contributed by atoms with Crippen molar-refractivity contribution in [3.63, 3.8) is 0 Å². The van der Waals surface area contributed by atoms with Crippen LogP contribution in [0.3, 0.4) is 0 Å². The molecule has 32 heavy (non-hydrogen) atoms. The number of nitrogens with two attached hydrogens (primary N) is 1. The molecule has 0 aromatic heterocycles. The van der Waals surface area contributed by atoms with Crippen LogP contribution in [0.2, 0.25) is 0 Å². The minimum absolute atomic E-state index is 0. The van der Waals surface area contributed by atoms with Crippen molar-refractivity contribution in [2.24, 2.45) is 5.73 Å². The Balaban J connectivity index is 0. The summed E-state index contributed by atoms with van der Waals surface area (Å²) in [6.45, 7) is 2.66. The molecule has 0 bridgehead atoms. The van der Waals surface area contributed by atoms with Crippen molar-refractivity contribution in [2.75, 3.05) is 6.61 Å². The van der Waals surface area contributed by atoms with Crippen LogP contribution >= 0.6 is 0 Å². The molecule has 1 amide bonds. The summed E-state index contributed by atoms with van der Waals surface area (Å²) in [5.74, 6) is -1.07. The Morgan fingerprint density at radius 1 is 0.656 bits per heavy atom. The molecule has 0 atom stereocenters. The first kappa shape index (κ1) is 34.3. The monoisotopic (exact) mass is 463 g/mol. The third-order valence-corrected chi connectivity index (χ3v) is 5.64. The normalized spacial score (nSPS) is 10.2. The first-order valence-corrected chi connectivity index (χ1v) is 12.2. The molecule has 1 rings (SSSR count). The summed E-state index contributed by atoms with van der Waals surface area (Å²) < 4.78 is 5.29. The number of carbonyl (C=O) groups excluding carboxylic acids is 2. The SMILES string of the molecule is CCCCCCCCCCCCCCCCCCOC(=O)c1ccccc1C(N)=O.[Na].[Na]. The summed E-state index contributed by atoms with van der Waals surface area (Å²) in [5, 5.41) is 0. The maximum atomic E-state index is 12.1. The van der Waals surface area contributed by atoms with E-state index in [-0.39, 0.29) is 70.2 Å². The van der Waals surface area contributed by atoms with Gasteiger partial charge in [0.2, 0.25) is 5.91 Å². The Hall–Kier alpha value is 0.160. The average Bonchev–Trinajstić information content (AvgIpc) is 2.75. The molecule has 172 valence electrons. The molecule has 6 heteroatoms. The molecule has 0 spiro atoms. The number of unbranched alkanes of at least 4 members (excludes halogenated alkanes) is 15. The minimum atomic E-state index is -0.607. The van der Waals surface area contributed by atoms with Crippen LogP contribution in [0.25, 0.3) is 0 Å². The topological polar surface area (TPSA) is 69.4 Å². The number of ether oxygens (including phenoxy) is 1. The first-order valence-electron chi connectivity index (χ1n) is 12.2. The third-order valence-electron chi connectivity index (χ3n) is 5.64. The Morgan fingerprint density at radius 3 is 1.44 bits per heavy atom. The van der Waals surface area contributed by atoms with Crippen LogP contribution in [-0.4, -0.2) is 77.6 Å². The molecular weight excluding hydrogens is 420 g/mol. The van der Waals surface area contributed by atoms with Gasteiger partial charge in [0.25, 0.3) is 0 Å². The number of hydrogen-bond donors (Lipinski definition) is 1. The number of hydrogen-bond acceptors (Lipinski definition) is 3. The summed E-state index contributed by atoms with van der Waals surface area (Å²) >= 11 is 0. The molecule has 0 saturated heterocycles. The maximum absolute atomic E-state index is 12.1. The van der Waals surface area contributed by atoms with Gasteiger partial charge < -0.3 is 10.5 Å². The molecule has 2 radical (unpaired) electrons. The Morgan fingerprint density at radius 2 is 1.03 bits per heavy atom. The van der Waals surface area contributed by atoms with Crippen molar-refractivity contribution in [3.05, 3.63) is 35.4 Å². The van der Waals surface area contributed by atoms with Gasteiger partial charge in [-0.25, -0.2) is 4.79 Å². The zero-order valence-electron chi connectivity index (χ0n) is 21.1. The molecule has 1 aromatic carbocycles. The van der Waals surface area contributed by atoms with Crippen LogP contribution in [0.15, 0.2) is 24.3 Å². The van der Waals surface area contributed by atoms with E-state index >= 15 is 0 Å². The fourth-order valence-corrected chi connectivity index (χ4v) is 3.77. The molecule has 0 fully saturated rings. The number of rotatable bonds is 19. The second-order valence-electron chi connectivity index (χ2n) is 8.35. The van der Waals surface area contributed by atoms with Crippen molar-refractivity contribution >= 4 is 71.0 Å².